The fourth-order valence-corrected chi connectivity index (χ4v) is 2.66. The van der Waals surface area contributed by atoms with Gasteiger partial charge in [-0.2, -0.15) is 5.10 Å². The van der Waals surface area contributed by atoms with Crippen molar-refractivity contribution in [3.05, 3.63) is 104 Å². The van der Waals surface area contributed by atoms with Crippen molar-refractivity contribution in [3.63, 3.8) is 0 Å². The van der Waals surface area contributed by atoms with Crippen LogP contribution in [0.5, 0.6) is 5.75 Å². The van der Waals surface area contributed by atoms with E-state index in [9.17, 15) is 14.9 Å². The lowest BCUT2D eigenvalue weighted by molar-refractivity contribution is -0.384. The molecule has 3 rings (SSSR count). The molecule has 0 fully saturated rings. The topological polar surface area (TPSA) is 93.8 Å². The second-order valence-corrected chi connectivity index (χ2v) is 6.91. The first-order valence-electron chi connectivity index (χ1n) is 8.56. The van der Waals surface area contributed by atoms with Crippen LogP contribution in [-0.2, 0) is 6.61 Å². The second kappa shape index (κ2) is 9.61. The third-order valence-electron chi connectivity index (χ3n) is 3.90. The van der Waals surface area contributed by atoms with Gasteiger partial charge in [-0.15, -0.1) is 0 Å². The molecule has 1 N–H and O–H groups in total. The van der Waals surface area contributed by atoms with Crippen LogP contribution in [0.15, 0.2) is 82.4 Å². The molecule has 29 heavy (non-hydrogen) atoms. The molecule has 0 saturated heterocycles. The van der Waals surface area contributed by atoms with Crippen molar-refractivity contribution in [3.8, 4) is 5.75 Å². The molecule has 0 atom stereocenters. The first-order chi connectivity index (χ1) is 14.0. The molecule has 0 bridgehead atoms. The zero-order valence-electron chi connectivity index (χ0n) is 15.1. The van der Waals surface area contributed by atoms with Crippen molar-refractivity contribution >= 4 is 33.7 Å². The van der Waals surface area contributed by atoms with E-state index in [1.165, 1.54) is 30.5 Å². The number of nitrogens with zero attached hydrogens (tertiary/aromatic N) is 2. The number of hydrazone groups is 1. The van der Waals surface area contributed by atoms with E-state index < -0.39 is 10.8 Å². The van der Waals surface area contributed by atoms with E-state index in [1.807, 2.05) is 42.5 Å². The van der Waals surface area contributed by atoms with Gasteiger partial charge in [-0.1, -0.05) is 40.2 Å². The first-order valence-corrected chi connectivity index (χ1v) is 9.36. The van der Waals surface area contributed by atoms with Crippen LogP contribution in [-0.4, -0.2) is 17.0 Å². The number of rotatable bonds is 7. The second-order valence-electron chi connectivity index (χ2n) is 5.99. The van der Waals surface area contributed by atoms with Crippen LogP contribution in [0.25, 0.3) is 0 Å². The number of carbonyl (C=O) groups is 1. The van der Waals surface area contributed by atoms with Crippen molar-refractivity contribution in [2.24, 2.45) is 5.10 Å². The molecule has 1 amide bonds. The molecule has 0 saturated carbocycles. The SMILES string of the molecule is O=C(N/N=C/c1cccc(OCc2ccc(Br)cc2)c1)c1ccc([N+](=O)[O-])cc1. The number of nitro benzene ring substituents is 1. The zero-order chi connectivity index (χ0) is 20.6. The van der Waals surface area contributed by atoms with Gasteiger partial charge >= 0.3 is 0 Å². The van der Waals surface area contributed by atoms with Crippen LogP contribution < -0.4 is 10.2 Å². The summed E-state index contributed by atoms with van der Waals surface area (Å²) in [6, 6.07) is 20.4. The van der Waals surface area contributed by atoms with Gasteiger partial charge in [0.05, 0.1) is 11.1 Å². The Labute approximate surface area is 175 Å². The van der Waals surface area contributed by atoms with Crippen LogP contribution in [0.2, 0.25) is 0 Å². The Morgan fingerprint density at radius 3 is 2.52 bits per heavy atom. The summed E-state index contributed by atoms with van der Waals surface area (Å²) in [5.74, 6) is 0.220. The van der Waals surface area contributed by atoms with Gasteiger partial charge in [-0.05, 0) is 47.5 Å². The van der Waals surface area contributed by atoms with E-state index in [-0.39, 0.29) is 11.3 Å². The molecule has 0 aromatic heterocycles. The average molecular weight is 454 g/mol. The highest BCUT2D eigenvalue weighted by atomic mass is 79.9. The Balaban J connectivity index is 1.56. The average Bonchev–Trinajstić information content (AvgIpc) is 2.73. The van der Waals surface area contributed by atoms with Crippen molar-refractivity contribution in [2.75, 3.05) is 0 Å². The number of hydrogen-bond acceptors (Lipinski definition) is 5. The zero-order valence-corrected chi connectivity index (χ0v) is 16.7. The number of ether oxygens (including phenoxy) is 1. The van der Waals surface area contributed by atoms with Crippen LogP contribution >= 0.6 is 15.9 Å². The number of carbonyl (C=O) groups excluding carboxylic acids is 1. The molecular weight excluding hydrogens is 438 g/mol. The summed E-state index contributed by atoms with van der Waals surface area (Å²) in [6.07, 6.45) is 1.50. The van der Waals surface area contributed by atoms with Gasteiger partial charge in [-0.25, -0.2) is 5.43 Å². The number of benzene rings is 3. The number of amides is 1. The van der Waals surface area contributed by atoms with Crippen molar-refractivity contribution in [2.45, 2.75) is 6.61 Å². The van der Waals surface area contributed by atoms with Gasteiger partial charge in [0.2, 0.25) is 0 Å². The molecule has 3 aromatic rings. The molecule has 0 spiro atoms. The lowest BCUT2D eigenvalue weighted by Crippen LogP contribution is -2.17. The minimum absolute atomic E-state index is 0.0787. The fraction of sp³-hybridized carbons (Fsp3) is 0.0476. The molecule has 0 aliphatic rings. The van der Waals surface area contributed by atoms with Crippen molar-refractivity contribution in [1.29, 1.82) is 0 Å². The van der Waals surface area contributed by atoms with E-state index in [0.717, 1.165) is 15.6 Å². The van der Waals surface area contributed by atoms with Gasteiger partial charge in [0.1, 0.15) is 12.4 Å². The molecule has 0 heterocycles. The van der Waals surface area contributed by atoms with Crippen molar-refractivity contribution in [1.82, 2.24) is 5.43 Å². The summed E-state index contributed by atoms with van der Waals surface area (Å²) in [4.78, 5) is 22.2. The number of non-ortho nitro benzene ring substituents is 1. The molecule has 0 aliphatic carbocycles. The normalized spacial score (nSPS) is 10.7. The van der Waals surface area contributed by atoms with Gasteiger partial charge in [0.15, 0.2) is 0 Å². The minimum atomic E-state index is -0.522. The highest BCUT2D eigenvalue weighted by molar-refractivity contribution is 9.10. The predicted molar refractivity (Wildman–Crippen MR) is 113 cm³/mol. The lowest BCUT2D eigenvalue weighted by atomic mass is 10.2. The maximum atomic E-state index is 12.0. The quantitative estimate of drug-likeness (QED) is 0.318. The van der Waals surface area contributed by atoms with E-state index in [2.05, 4.69) is 26.5 Å². The minimum Gasteiger partial charge on any atom is -0.489 e. The molecule has 146 valence electrons. The number of halogens is 1. The number of nitrogens with one attached hydrogen (secondary N) is 1. The fourth-order valence-electron chi connectivity index (χ4n) is 2.40. The van der Waals surface area contributed by atoms with E-state index >= 15 is 0 Å². The van der Waals surface area contributed by atoms with Crippen LogP contribution in [0.4, 0.5) is 5.69 Å². The van der Waals surface area contributed by atoms with Gasteiger partial charge in [-0.3, -0.25) is 14.9 Å². The molecule has 7 nitrogen and oxygen atoms in total. The van der Waals surface area contributed by atoms with E-state index in [0.29, 0.717) is 12.4 Å². The highest BCUT2D eigenvalue weighted by Crippen LogP contribution is 2.16. The Kier molecular flexibility index (Phi) is 6.70. The largest absolute Gasteiger partial charge is 0.489 e. The summed E-state index contributed by atoms with van der Waals surface area (Å²) >= 11 is 3.40. The van der Waals surface area contributed by atoms with Crippen LogP contribution in [0.3, 0.4) is 0 Å². The van der Waals surface area contributed by atoms with Crippen molar-refractivity contribution < 1.29 is 14.5 Å². The predicted octanol–water partition coefficient (Wildman–Crippen LogP) is 4.70. The monoisotopic (exact) mass is 453 g/mol. The summed E-state index contributed by atoms with van der Waals surface area (Å²) in [5, 5.41) is 14.6. The van der Waals surface area contributed by atoms with Crippen LogP contribution in [0, 0.1) is 10.1 Å². The highest BCUT2D eigenvalue weighted by Gasteiger charge is 2.08. The van der Waals surface area contributed by atoms with Gasteiger partial charge < -0.3 is 4.74 Å². The summed E-state index contributed by atoms with van der Waals surface area (Å²) in [7, 11) is 0. The maximum absolute atomic E-state index is 12.0. The van der Waals surface area contributed by atoms with Crippen LogP contribution in [0.1, 0.15) is 21.5 Å². The molecule has 3 aromatic carbocycles. The molecule has 0 unspecified atom stereocenters. The number of nitro groups is 1. The Hall–Kier alpha value is -3.52. The molecule has 8 heteroatoms. The third kappa shape index (κ3) is 5.98. The Morgan fingerprint density at radius 2 is 1.83 bits per heavy atom. The summed E-state index contributed by atoms with van der Waals surface area (Å²) in [6.45, 7) is 0.435. The van der Waals surface area contributed by atoms with Gasteiger partial charge in [0, 0.05) is 22.2 Å². The Morgan fingerprint density at radius 1 is 1.10 bits per heavy atom. The first kappa shape index (κ1) is 20.2. The summed E-state index contributed by atoms with van der Waals surface area (Å²) < 4.78 is 6.79. The van der Waals surface area contributed by atoms with E-state index in [4.69, 9.17) is 4.74 Å². The standard InChI is InChI=1S/C21H16BrN3O4/c22-18-8-4-15(5-9-18)14-29-20-3-1-2-16(12-20)13-23-24-21(26)17-6-10-19(11-7-17)25(27)28/h1-13H,14H2,(H,24,26)/b23-13+. The molecular formula is C21H16BrN3O4. The number of hydrogen-bond donors (Lipinski definition) is 1. The maximum Gasteiger partial charge on any atom is 0.271 e. The third-order valence-corrected chi connectivity index (χ3v) is 4.43. The lowest BCUT2D eigenvalue weighted by Gasteiger charge is -2.07. The van der Waals surface area contributed by atoms with Gasteiger partial charge in [0.25, 0.3) is 11.6 Å². The summed E-state index contributed by atoms with van der Waals surface area (Å²) in [5.41, 5.74) is 4.39. The molecule has 0 aliphatic heterocycles. The van der Waals surface area contributed by atoms with E-state index in [1.54, 1.807) is 6.07 Å². The smallest absolute Gasteiger partial charge is 0.271 e. The Bertz CT molecular complexity index is 1030. The molecule has 0 radical (unpaired) electrons.